The van der Waals surface area contributed by atoms with E-state index in [4.69, 9.17) is 9.47 Å². The first-order chi connectivity index (χ1) is 11.5. The average Bonchev–Trinajstić information content (AvgIpc) is 2.58. The topological polar surface area (TPSA) is 38.8 Å². The van der Waals surface area contributed by atoms with Crippen LogP contribution in [0, 0.1) is 5.82 Å². The van der Waals surface area contributed by atoms with Gasteiger partial charge in [-0.15, -0.1) is 0 Å². The highest BCUT2D eigenvalue weighted by Gasteiger charge is 2.15. The molecule has 0 aromatic heterocycles. The van der Waals surface area contributed by atoms with Gasteiger partial charge in [0.1, 0.15) is 5.82 Å². The van der Waals surface area contributed by atoms with Gasteiger partial charge in [0.05, 0.1) is 19.8 Å². The maximum absolute atomic E-state index is 13.1. The molecule has 0 unspecified atom stereocenters. The number of benzene rings is 2. The highest BCUT2D eigenvalue weighted by Crippen LogP contribution is 2.27. The summed E-state index contributed by atoms with van der Waals surface area (Å²) in [6, 6.07) is 9.72. The summed E-state index contributed by atoms with van der Waals surface area (Å²) < 4.78 is 24.1. The Kier molecular flexibility index (Phi) is 6.20. The van der Waals surface area contributed by atoms with Crippen molar-refractivity contribution in [1.29, 1.82) is 0 Å². The third kappa shape index (κ3) is 4.26. The third-order valence-electron chi connectivity index (χ3n) is 3.69. The van der Waals surface area contributed by atoms with Gasteiger partial charge in [0, 0.05) is 18.1 Å². The molecule has 0 radical (unpaired) electrons. The van der Waals surface area contributed by atoms with Crippen molar-refractivity contribution in [3.05, 3.63) is 57.8 Å². The minimum atomic E-state index is -0.383. The summed E-state index contributed by atoms with van der Waals surface area (Å²) in [5.74, 6) is 0.778. The van der Waals surface area contributed by atoms with Crippen LogP contribution < -0.4 is 9.47 Å². The number of hydrogen-bond donors (Lipinski definition) is 0. The number of rotatable bonds is 6. The smallest absolute Gasteiger partial charge is 0.254 e. The quantitative estimate of drug-likeness (QED) is 0.743. The molecule has 0 aliphatic rings. The first-order valence-corrected chi connectivity index (χ1v) is 8.17. The molecule has 0 bridgehead atoms. The Hall–Kier alpha value is -2.08. The third-order valence-corrected chi connectivity index (χ3v) is 4.35. The maximum Gasteiger partial charge on any atom is 0.254 e. The van der Waals surface area contributed by atoms with Crippen molar-refractivity contribution in [3.8, 4) is 11.5 Å². The Morgan fingerprint density at radius 3 is 2.46 bits per heavy atom. The molecule has 2 aromatic carbocycles. The fraction of sp³-hybridized carbons (Fsp3) is 0.278. The monoisotopic (exact) mass is 395 g/mol. The first-order valence-electron chi connectivity index (χ1n) is 7.37. The summed E-state index contributed by atoms with van der Waals surface area (Å²) in [5.41, 5.74) is 1.47. The Morgan fingerprint density at radius 1 is 1.12 bits per heavy atom. The van der Waals surface area contributed by atoms with Crippen molar-refractivity contribution in [1.82, 2.24) is 4.90 Å². The van der Waals surface area contributed by atoms with Crippen LogP contribution in [-0.2, 0) is 6.42 Å². The fourth-order valence-electron chi connectivity index (χ4n) is 2.30. The number of ether oxygens (including phenoxy) is 2. The Morgan fingerprint density at radius 2 is 1.83 bits per heavy atom. The van der Waals surface area contributed by atoms with Crippen LogP contribution in [-0.4, -0.2) is 38.6 Å². The summed E-state index contributed by atoms with van der Waals surface area (Å²) in [4.78, 5) is 14.1. The lowest BCUT2D eigenvalue weighted by Crippen LogP contribution is -2.29. The average molecular weight is 396 g/mol. The van der Waals surface area contributed by atoms with Crippen LogP contribution in [0.3, 0.4) is 0 Å². The number of carbonyl (C=O) groups is 1. The maximum atomic E-state index is 13.1. The molecule has 2 aromatic rings. The van der Waals surface area contributed by atoms with E-state index in [0.717, 1.165) is 5.56 Å². The van der Waals surface area contributed by atoms with Crippen molar-refractivity contribution in [2.75, 3.05) is 27.8 Å². The van der Waals surface area contributed by atoms with Gasteiger partial charge >= 0.3 is 0 Å². The summed E-state index contributed by atoms with van der Waals surface area (Å²) in [6.45, 7) is 0.526. The standard InChI is InChI=1S/C18H19BrFNO3/c1-21(18(22)14-6-5-13(20)11-15(14)19)9-8-12-4-7-16(23-2)17(10-12)24-3/h4-7,10-11H,8-9H2,1-3H3. The molecule has 1 amide bonds. The van der Waals surface area contributed by atoms with Crippen molar-refractivity contribution in [2.24, 2.45) is 0 Å². The predicted octanol–water partition coefficient (Wildman–Crippen LogP) is 3.92. The molecule has 0 aliphatic heterocycles. The van der Waals surface area contributed by atoms with Gasteiger partial charge in [0.15, 0.2) is 11.5 Å². The lowest BCUT2D eigenvalue weighted by Gasteiger charge is -2.18. The lowest BCUT2D eigenvalue weighted by atomic mass is 10.1. The predicted molar refractivity (Wildman–Crippen MR) is 94.3 cm³/mol. The molecule has 0 saturated heterocycles. The van der Waals surface area contributed by atoms with Gasteiger partial charge in [-0.3, -0.25) is 4.79 Å². The van der Waals surface area contributed by atoms with Crippen molar-refractivity contribution >= 4 is 21.8 Å². The van der Waals surface area contributed by atoms with E-state index >= 15 is 0 Å². The summed E-state index contributed by atoms with van der Waals surface area (Å²) in [6.07, 6.45) is 0.668. The molecule has 2 rings (SSSR count). The minimum absolute atomic E-state index is 0.164. The molecule has 128 valence electrons. The van der Waals surface area contributed by atoms with Crippen molar-refractivity contribution in [3.63, 3.8) is 0 Å². The van der Waals surface area contributed by atoms with E-state index in [9.17, 15) is 9.18 Å². The van der Waals surface area contributed by atoms with Crippen LogP contribution in [0.5, 0.6) is 11.5 Å². The molecule has 0 fully saturated rings. The van der Waals surface area contributed by atoms with Gasteiger partial charge in [-0.25, -0.2) is 4.39 Å². The number of hydrogen-bond acceptors (Lipinski definition) is 3. The Labute approximate surface area is 149 Å². The molecule has 0 spiro atoms. The number of nitrogens with zero attached hydrogens (tertiary/aromatic N) is 1. The van der Waals surface area contributed by atoms with Crippen LogP contribution in [0.2, 0.25) is 0 Å². The van der Waals surface area contributed by atoms with Gasteiger partial charge in [-0.1, -0.05) is 6.07 Å². The summed E-state index contributed by atoms with van der Waals surface area (Å²) in [7, 11) is 4.90. The molecule has 6 heteroatoms. The van der Waals surface area contributed by atoms with Crippen LogP contribution in [0.4, 0.5) is 4.39 Å². The van der Waals surface area contributed by atoms with Crippen LogP contribution >= 0.6 is 15.9 Å². The van der Waals surface area contributed by atoms with Crippen molar-refractivity contribution in [2.45, 2.75) is 6.42 Å². The molecular formula is C18H19BrFNO3. The normalized spacial score (nSPS) is 10.4. The van der Waals surface area contributed by atoms with E-state index in [1.165, 1.54) is 18.2 Å². The van der Waals surface area contributed by atoms with E-state index in [1.807, 2.05) is 18.2 Å². The highest BCUT2D eigenvalue weighted by molar-refractivity contribution is 9.10. The number of carbonyl (C=O) groups excluding carboxylic acids is 1. The van der Waals surface area contributed by atoms with E-state index in [-0.39, 0.29) is 11.7 Å². The van der Waals surface area contributed by atoms with Gasteiger partial charge in [-0.05, 0) is 58.2 Å². The highest BCUT2D eigenvalue weighted by atomic mass is 79.9. The molecule has 0 aliphatic carbocycles. The second-order valence-electron chi connectivity index (χ2n) is 5.29. The molecule has 24 heavy (non-hydrogen) atoms. The Bertz CT molecular complexity index is 736. The van der Waals surface area contributed by atoms with Crippen molar-refractivity contribution < 1.29 is 18.7 Å². The van der Waals surface area contributed by atoms with E-state index < -0.39 is 0 Å². The van der Waals surface area contributed by atoms with E-state index in [2.05, 4.69) is 15.9 Å². The number of amides is 1. The van der Waals surface area contributed by atoms with Crippen LogP contribution in [0.25, 0.3) is 0 Å². The number of likely N-dealkylation sites (N-methyl/N-ethyl adjacent to an activating group) is 1. The SMILES string of the molecule is COc1ccc(CCN(C)C(=O)c2ccc(F)cc2Br)cc1OC. The van der Waals surface area contributed by atoms with Crippen LogP contribution in [0.1, 0.15) is 15.9 Å². The van der Waals surface area contributed by atoms with Gasteiger partial charge in [0.25, 0.3) is 5.91 Å². The first kappa shape index (κ1) is 18.3. The molecular weight excluding hydrogens is 377 g/mol. The molecule has 4 nitrogen and oxygen atoms in total. The lowest BCUT2D eigenvalue weighted by molar-refractivity contribution is 0.0795. The van der Waals surface area contributed by atoms with Crippen LogP contribution in [0.15, 0.2) is 40.9 Å². The zero-order chi connectivity index (χ0) is 17.7. The Balaban J connectivity index is 2.04. The van der Waals surface area contributed by atoms with Gasteiger partial charge < -0.3 is 14.4 Å². The van der Waals surface area contributed by atoms with Gasteiger partial charge in [-0.2, -0.15) is 0 Å². The van der Waals surface area contributed by atoms with Gasteiger partial charge in [0.2, 0.25) is 0 Å². The second-order valence-corrected chi connectivity index (χ2v) is 6.14. The fourth-order valence-corrected chi connectivity index (χ4v) is 2.82. The summed E-state index contributed by atoms with van der Waals surface area (Å²) >= 11 is 3.23. The van der Waals surface area contributed by atoms with E-state index in [0.29, 0.717) is 34.5 Å². The molecule has 0 heterocycles. The molecule has 0 N–H and O–H groups in total. The zero-order valence-electron chi connectivity index (χ0n) is 13.8. The zero-order valence-corrected chi connectivity index (χ0v) is 15.4. The van der Waals surface area contributed by atoms with E-state index in [1.54, 1.807) is 26.2 Å². The molecule has 0 atom stereocenters. The minimum Gasteiger partial charge on any atom is -0.493 e. The number of halogens is 2. The number of methoxy groups -OCH3 is 2. The second kappa shape index (κ2) is 8.15. The summed E-state index contributed by atoms with van der Waals surface area (Å²) in [5, 5.41) is 0. The molecule has 0 saturated carbocycles. The largest absolute Gasteiger partial charge is 0.493 e.